The maximum atomic E-state index is 12.7. The molecule has 158 valence electrons. The standard InChI is InChI=1S/C20H25F3N4O2/c1-14(11-15-5-4-10-29-15)12-26-8-6-17-16(13-26)18(19(28)25(2)3)24-27(17)9-7-20(21,22)23/h4-5,10-11H,6-9,12-13H2,1-3H3. The van der Waals surface area contributed by atoms with Gasteiger partial charge in [-0.2, -0.15) is 18.3 Å². The molecule has 3 rings (SSSR count). The predicted molar refractivity (Wildman–Crippen MR) is 102 cm³/mol. The largest absolute Gasteiger partial charge is 0.465 e. The van der Waals surface area contributed by atoms with Crippen LogP contribution in [0.1, 0.15) is 40.9 Å². The lowest BCUT2D eigenvalue weighted by atomic mass is 10.0. The molecule has 0 atom stereocenters. The second kappa shape index (κ2) is 8.44. The highest BCUT2D eigenvalue weighted by Gasteiger charge is 2.31. The van der Waals surface area contributed by atoms with Gasteiger partial charge in [-0.05, 0) is 25.1 Å². The molecule has 9 heteroatoms. The number of rotatable bonds is 6. The van der Waals surface area contributed by atoms with Crippen molar-refractivity contribution < 1.29 is 22.4 Å². The van der Waals surface area contributed by atoms with E-state index in [9.17, 15) is 18.0 Å². The van der Waals surface area contributed by atoms with E-state index in [0.29, 0.717) is 26.1 Å². The van der Waals surface area contributed by atoms with E-state index in [1.165, 1.54) is 9.58 Å². The Bertz CT molecular complexity index is 882. The number of halogens is 3. The molecule has 0 N–H and O–H groups in total. The monoisotopic (exact) mass is 410 g/mol. The highest BCUT2D eigenvalue weighted by Crippen LogP contribution is 2.27. The maximum Gasteiger partial charge on any atom is 0.390 e. The first kappa shape index (κ1) is 21.2. The van der Waals surface area contributed by atoms with E-state index in [4.69, 9.17) is 4.42 Å². The SMILES string of the molecule is CC(=Cc1ccco1)CN1CCc2c(c(C(=O)N(C)C)nn2CCC(F)(F)F)C1. The van der Waals surface area contributed by atoms with E-state index < -0.39 is 12.6 Å². The second-order valence-corrected chi connectivity index (χ2v) is 7.53. The van der Waals surface area contributed by atoms with E-state index in [0.717, 1.165) is 22.6 Å². The summed E-state index contributed by atoms with van der Waals surface area (Å²) in [6.07, 6.45) is -1.12. The zero-order chi connectivity index (χ0) is 21.2. The van der Waals surface area contributed by atoms with Crippen LogP contribution in [0.4, 0.5) is 13.2 Å². The number of amides is 1. The average Bonchev–Trinajstić information content (AvgIpc) is 3.26. The first-order valence-corrected chi connectivity index (χ1v) is 9.44. The fraction of sp³-hybridized carbons (Fsp3) is 0.500. The van der Waals surface area contributed by atoms with Crippen LogP contribution in [0.3, 0.4) is 0 Å². The van der Waals surface area contributed by atoms with Gasteiger partial charge in [0.1, 0.15) is 5.76 Å². The fourth-order valence-electron chi connectivity index (χ4n) is 3.50. The van der Waals surface area contributed by atoms with E-state index in [1.54, 1.807) is 20.4 Å². The fourth-order valence-corrected chi connectivity index (χ4v) is 3.50. The summed E-state index contributed by atoms with van der Waals surface area (Å²) in [6, 6.07) is 3.69. The molecule has 1 aliphatic rings. The van der Waals surface area contributed by atoms with Gasteiger partial charge >= 0.3 is 6.18 Å². The molecule has 3 heterocycles. The number of carbonyl (C=O) groups excluding carboxylic acids is 1. The summed E-state index contributed by atoms with van der Waals surface area (Å²) in [7, 11) is 3.22. The lowest BCUT2D eigenvalue weighted by molar-refractivity contribution is -0.137. The van der Waals surface area contributed by atoms with Crippen LogP contribution in [0.15, 0.2) is 28.4 Å². The van der Waals surface area contributed by atoms with Crippen LogP contribution in [0.5, 0.6) is 0 Å². The van der Waals surface area contributed by atoms with Crippen molar-refractivity contribution >= 4 is 12.0 Å². The van der Waals surface area contributed by atoms with Crippen molar-refractivity contribution in [2.45, 2.75) is 39.0 Å². The van der Waals surface area contributed by atoms with Crippen molar-refractivity contribution in [3.8, 4) is 0 Å². The molecule has 1 amide bonds. The Morgan fingerprint density at radius 2 is 2.14 bits per heavy atom. The minimum Gasteiger partial charge on any atom is -0.465 e. The van der Waals surface area contributed by atoms with Crippen LogP contribution in [-0.4, -0.2) is 58.8 Å². The average molecular weight is 410 g/mol. The summed E-state index contributed by atoms with van der Waals surface area (Å²) < 4.78 is 44.8. The van der Waals surface area contributed by atoms with Crippen molar-refractivity contribution in [3.63, 3.8) is 0 Å². The van der Waals surface area contributed by atoms with Crippen LogP contribution in [-0.2, 0) is 19.5 Å². The van der Waals surface area contributed by atoms with Crippen LogP contribution < -0.4 is 0 Å². The summed E-state index contributed by atoms with van der Waals surface area (Å²) in [6.45, 7) is 3.55. The zero-order valence-electron chi connectivity index (χ0n) is 16.8. The van der Waals surface area contributed by atoms with Gasteiger partial charge in [-0.3, -0.25) is 14.4 Å². The number of aryl methyl sites for hydroxylation is 1. The number of nitrogens with zero attached hydrogens (tertiary/aromatic N) is 4. The summed E-state index contributed by atoms with van der Waals surface area (Å²) >= 11 is 0. The number of alkyl halides is 3. The zero-order valence-corrected chi connectivity index (χ0v) is 16.8. The Balaban J connectivity index is 1.81. The summed E-state index contributed by atoms with van der Waals surface area (Å²) in [5.41, 5.74) is 2.78. The van der Waals surface area contributed by atoms with Gasteiger partial charge in [-0.15, -0.1) is 0 Å². The summed E-state index contributed by atoms with van der Waals surface area (Å²) in [4.78, 5) is 16.1. The highest BCUT2D eigenvalue weighted by molar-refractivity contribution is 5.93. The Hall–Kier alpha value is -2.55. The topological polar surface area (TPSA) is 54.5 Å². The van der Waals surface area contributed by atoms with Gasteiger partial charge in [-0.1, -0.05) is 5.57 Å². The van der Waals surface area contributed by atoms with Gasteiger partial charge in [0.15, 0.2) is 5.69 Å². The molecule has 0 fully saturated rings. The minimum atomic E-state index is -4.26. The maximum absolute atomic E-state index is 12.7. The molecule has 0 saturated heterocycles. The molecule has 0 saturated carbocycles. The number of fused-ring (bicyclic) bond motifs is 1. The Morgan fingerprint density at radius 1 is 1.38 bits per heavy atom. The molecule has 0 spiro atoms. The van der Waals surface area contributed by atoms with Gasteiger partial charge in [-0.25, -0.2) is 0 Å². The number of hydrogen-bond donors (Lipinski definition) is 0. The first-order valence-electron chi connectivity index (χ1n) is 9.44. The lowest BCUT2D eigenvalue weighted by Crippen LogP contribution is -2.33. The molecule has 2 aromatic rings. The third kappa shape index (κ3) is 5.29. The normalized spacial score (nSPS) is 15.4. The molecule has 0 unspecified atom stereocenters. The molecule has 0 radical (unpaired) electrons. The number of aromatic nitrogens is 2. The van der Waals surface area contributed by atoms with Gasteiger partial charge in [0.25, 0.3) is 5.91 Å². The van der Waals surface area contributed by atoms with Gasteiger partial charge in [0, 0.05) is 58.0 Å². The Morgan fingerprint density at radius 3 is 2.76 bits per heavy atom. The summed E-state index contributed by atoms with van der Waals surface area (Å²) in [5, 5.41) is 4.26. The number of hydrogen-bond acceptors (Lipinski definition) is 4. The molecule has 1 aliphatic heterocycles. The molecule has 6 nitrogen and oxygen atoms in total. The van der Waals surface area contributed by atoms with Crippen LogP contribution in [0, 0.1) is 0 Å². The Kier molecular flexibility index (Phi) is 6.16. The van der Waals surface area contributed by atoms with Crippen molar-refractivity contribution in [1.29, 1.82) is 0 Å². The van der Waals surface area contributed by atoms with E-state index >= 15 is 0 Å². The molecule has 0 aromatic carbocycles. The van der Waals surface area contributed by atoms with Crippen molar-refractivity contribution in [1.82, 2.24) is 19.6 Å². The molecule has 2 aromatic heterocycles. The molecule has 0 bridgehead atoms. The molecular weight excluding hydrogens is 385 g/mol. The van der Waals surface area contributed by atoms with Gasteiger partial charge in [0.2, 0.25) is 0 Å². The quantitative estimate of drug-likeness (QED) is 0.730. The number of carbonyl (C=O) groups is 1. The Labute approximate surface area is 167 Å². The minimum absolute atomic E-state index is 0.240. The van der Waals surface area contributed by atoms with Crippen LogP contribution >= 0.6 is 0 Å². The third-order valence-corrected chi connectivity index (χ3v) is 4.83. The van der Waals surface area contributed by atoms with Crippen molar-refractivity contribution in [2.24, 2.45) is 0 Å². The highest BCUT2D eigenvalue weighted by atomic mass is 19.4. The first-order chi connectivity index (χ1) is 13.6. The van der Waals surface area contributed by atoms with Crippen LogP contribution in [0.2, 0.25) is 0 Å². The van der Waals surface area contributed by atoms with Gasteiger partial charge in [0.05, 0.1) is 12.7 Å². The summed E-state index contributed by atoms with van der Waals surface area (Å²) in [5.74, 6) is 0.473. The van der Waals surface area contributed by atoms with Gasteiger partial charge < -0.3 is 9.32 Å². The third-order valence-electron chi connectivity index (χ3n) is 4.83. The van der Waals surface area contributed by atoms with E-state index in [1.807, 2.05) is 25.1 Å². The van der Waals surface area contributed by atoms with E-state index in [2.05, 4.69) is 10.00 Å². The molecule has 29 heavy (non-hydrogen) atoms. The van der Waals surface area contributed by atoms with Crippen molar-refractivity contribution in [3.05, 3.63) is 46.7 Å². The number of furan rings is 1. The van der Waals surface area contributed by atoms with E-state index in [-0.39, 0.29) is 18.1 Å². The van der Waals surface area contributed by atoms with Crippen LogP contribution in [0.25, 0.3) is 6.08 Å². The predicted octanol–water partition coefficient (Wildman–Crippen LogP) is 3.59. The second-order valence-electron chi connectivity index (χ2n) is 7.53. The van der Waals surface area contributed by atoms with Crippen molar-refractivity contribution in [2.75, 3.05) is 27.2 Å². The smallest absolute Gasteiger partial charge is 0.390 e. The lowest BCUT2D eigenvalue weighted by Gasteiger charge is -2.28. The molecular formula is C20H25F3N4O2. The molecule has 0 aliphatic carbocycles.